The first-order valence-electron chi connectivity index (χ1n) is 10.8. The van der Waals surface area contributed by atoms with Crippen LogP contribution in [-0.4, -0.2) is 52.9 Å². The fourth-order valence-electron chi connectivity index (χ4n) is 4.63. The van der Waals surface area contributed by atoms with Gasteiger partial charge in [0.15, 0.2) is 0 Å². The summed E-state index contributed by atoms with van der Waals surface area (Å²) in [4.78, 5) is 13.8. The van der Waals surface area contributed by atoms with Crippen molar-refractivity contribution in [1.29, 1.82) is 0 Å². The number of hydrogen-bond acceptors (Lipinski definition) is 6. The maximum Gasteiger partial charge on any atom is 0.417 e. The van der Waals surface area contributed by atoms with Crippen LogP contribution in [-0.2, 0) is 31.1 Å². The van der Waals surface area contributed by atoms with Crippen LogP contribution < -0.4 is 9.08 Å². The Morgan fingerprint density at radius 1 is 0.917 bits per heavy atom. The molecule has 36 heavy (non-hydrogen) atoms. The first-order chi connectivity index (χ1) is 16.6. The molecule has 0 bridgehead atoms. The number of halogens is 4. The van der Waals surface area contributed by atoms with Gasteiger partial charge in [-0.25, -0.2) is 12.8 Å². The molecular formula is C22H22F4N2O6S2. The van der Waals surface area contributed by atoms with Crippen molar-refractivity contribution in [3.63, 3.8) is 0 Å². The van der Waals surface area contributed by atoms with Crippen molar-refractivity contribution in [2.75, 3.05) is 30.8 Å². The second kappa shape index (κ2) is 8.99. The van der Waals surface area contributed by atoms with E-state index < -0.39 is 48.0 Å². The molecule has 0 aliphatic carbocycles. The number of carbonyl (C=O) groups excluding carboxylic acids is 1. The zero-order chi connectivity index (χ0) is 26.5. The summed E-state index contributed by atoms with van der Waals surface area (Å²) in [6, 6.07) is 7.31. The first kappa shape index (κ1) is 26.4. The molecule has 0 N–H and O–H groups in total. The molecular weight excluding hydrogens is 528 g/mol. The summed E-state index contributed by atoms with van der Waals surface area (Å²) in [6.45, 7) is 0.00347. The Kier molecular flexibility index (Phi) is 6.58. The molecule has 2 aromatic carbocycles. The third-order valence-electron chi connectivity index (χ3n) is 6.45. The van der Waals surface area contributed by atoms with Gasteiger partial charge in [-0.05, 0) is 61.7 Å². The smallest absolute Gasteiger partial charge is 0.383 e. The molecule has 0 unspecified atom stereocenters. The highest BCUT2D eigenvalue weighted by Crippen LogP contribution is 2.45. The third kappa shape index (κ3) is 5.06. The normalized spacial score (nSPS) is 19.1. The van der Waals surface area contributed by atoms with Gasteiger partial charge in [0.2, 0.25) is 15.9 Å². The highest BCUT2D eigenvalue weighted by molar-refractivity contribution is 7.89. The highest BCUT2D eigenvalue weighted by Gasteiger charge is 2.50. The second-order valence-corrected chi connectivity index (χ2v) is 12.3. The molecule has 0 radical (unpaired) electrons. The predicted molar refractivity (Wildman–Crippen MR) is 121 cm³/mol. The van der Waals surface area contributed by atoms with Crippen LogP contribution in [0, 0.1) is 11.2 Å². The van der Waals surface area contributed by atoms with Crippen molar-refractivity contribution in [2.24, 2.45) is 5.41 Å². The van der Waals surface area contributed by atoms with Gasteiger partial charge in [-0.1, -0.05) is 0 Å². The number of benzene rings is 2. The zero-order valence-electron chi connectivity index (χ0n) is 19.0. The predicted octanol–water partition coefficient (Wildman–Crippen LogP) is 3.39. The Morgan fingerprint density at radius 3 is 2.06 bits per heavy atom. The summed E-state index contributed by atoms with van der Waals surface area (Å²) in [5.74, 6) is -1.36. The van der Waals surface area contributed by atoms with Gasteiger partial charge in [0, 0.05) is 25.3 Å². The lowest BCUT2D eigenvalue weighted by Crippen LogP contribution is -2.46. The van der Waals surface area contributed by atoms with Gasteiger partial charge in [-0.15, -0.1) is 0 Å². The number of piperidine rings is 1. The van der Waals surface area contributed by atoms with Gasteiger partial charge in [-0.2, -0.15) is 25.9 Å². The third-order valence-corrected chi connectivity index (χ3v) is 8.91. The van der Waals surface area contributed by atoms with Crippen LogP contribution in [0.25, 0.3) is 0 Å². The molecule has 1 spiro atoms. The zero-order valence-corrected chi connectivity index (χ0v) is 20.6. The number of nitrogens with zero attached hydrogens (tertiary/aromatic N) is 2. The maximum absolute atomic E-state index is 13.4. The molecule has 2 aliphatic rings. The van der Waals surface area contributed by atoms with E-state index in [1.807, 2.05) is 0 Å². The van der Waals surface area contributed by atoms with Crippen molar-refractivity contribution in [3.05, 3.63) is 53.8 Å². The Labute approximate surface area is 205 Å². The van der Waals surface area contributed by atoms with Crippen LogP contribution in [0.15, 0.2) is 47.4 Å². The molecule has 2 fully saturated rings. The van der Waals surface area contributed by atoms with Gasteiger partial charge in [0.1, 0.15) is 11.6 Å². The number of sulfonamides is 1. The Hall–Kier alpha value is -2.71. The molecule has 0 aromatic heterocycles. The Morgan fingerprint density at radius 2 is 1.50 bits per heavy atom. The lowest BCUT2D eigenvalue weighted by atomic mass is 9.77. The van der Waals surface area contributed by atoms with Crippen LogP contribution in [0.2, 0.25) is 0 Å². The summed E-state index contributed by atoms with van der Waals surface area (Å²) in [5.41, 5.74) is -1.94. The first-order valence-corrected chi connectivity index (χ1v) is 14.1. The van der Waals surface area contributed by atoms with E-state index in [0.717, 1.165) is 10.6 Å². The molecule has 0 atom stereocenters. The van der Waals surface area contributed by atoms with Gasteiger partial charge >= 0.3 is 16.3 Å². The van der Waals surface area contributed by atoms with E-state index in [1.165, 1.54) is 29.2 Å². The molecule has 196 valence electrons. The van der Waals surface area contributed by atoms with Crippen LogP contribution in [0.1, 0.15) is 24.8 Å². The Bertz CT molecular complexity index is 1380. The molecule has 4 rings (SSSR count). The van der Waals surface area contributed by atoms with Gasteiger partial charge in [0.05, 0.1) is 22.1 Å². The average Bonchev–Trinajstić information content (AvgIpc) is 3.08. The molecule has 2 aromatic rings. The van der Waals surface area contributed by atoms with Crippen molar-refractivity contribution >= 4 is 31.7 Å². The molecule has 2 aliphatic heterocycles. The minimum atomic E-state index is -5.06. The van der Waals surface area contributed by atoms with E-state index in [9.17, 15) is 39.2 Å². The summed E-state index contributed by atoms with van der Waals surface area (Å²) in [5, 5.41) is 0. The number of anilines is 1. The summed E-state index contributed by atoms with van der Waals surface area (Å²) in [6.07, 6.45) is -3.52. The molecule has 2 saturated heterocycles. The number of hydrogen-bond donors (Lipinski definition) is 0. The fraction of sp³-hybridized carbons (Fsp3) is 0.409. The monoisotopic (exact) mass is 550 g/mol. The number of carbonyl (C=O) groups is 1. The topological polar surface area (TPSA) is 101 Å². The lowest BCUT2D eigenvalue weighted by Gasteiger charge is -2.37. The lowest BCUT2D eigenvalue weighted by molar-refractivity contribution is -0.140. The van der Waals surface area contributed by atoms with Crippen molar-refractivity contribution in [1.82, 2.24) is 4.31 Å². The van der Waals surface area contributed by atoms with Crippen molar-refractivity contribution in [3.8, 4) is 5.75 Å². The van der Waals surface area contributed by atoms with Crippen LogP contribution in [0.3, 0.4) is 0 Å². The van der Waals surface area contributed by atoms with E-state index in [2.05, 4.69) is 0 Å². The number of alkyl halides is 3. The standard InChI is InChI=1S/C22H22F4N2O6S2/c1-35(30,31)34-17-5-3-16(4-6-17)28-13-10-21(20(28)29)8-11-27(12-9-21)36(32,33)19-7-2-15(23)14-18(19)22(24,25)26/h2-7,14H,8-13H2,1H3. The van der Waals surface area contributed by atoms with Gasteiger partial charge in [-0.3, -0.25) is 4.79 Å². The highest BCUT2D eigenvalue weighted by atomic mass is 32.2. The van der Waals surface area contributed by atoms with E-state index in [1.54, 1.807) is 0 Å². The average molecular weight is 551 g/mol. The molecule has 2 heterocycles. The van der Waals surface area contributed by atoms with E-state index in [4.69, 9.17) is 4.18 Å². The van der Waals surface area contributed by atoms with Crippen LogP contribution in [0.4, 0.5) is 23.2 Å². The summed E-state index contributed by atoms with van der Waals surface area (Å²) < 4.78 is 108. The van der Waals surface area contributed by atoms with Crippen molar-refractivity contribution in [2.45, 2.75) is 30.3 Å². The molecule has 0 saturated carbocycles. The Balaban J connectivity index is 1.50. The second-order valence-electron chi connectivity index (χ2n) is 8.81. The molecule has 1 amide bonds. The van der Waals surface area contributed by atoms with E-state index in [-0.39, 0.29) is 43.7 Å². The van der Waals surface area contributed by atoms with E-state index in [0.29, 0.717) is 30.8 Å². The largest absolute Gasteiger partial charge is 0.417 e. The van der Waals surface area contributed by atoms with Crippen molar-refractivity contribution < 1.29 is 43.4 Å². The summed E-state index contributed by atoms with van der Waals surface area (Å²) >= 11 is 0. The molecule has 8 nitrogen and oxygen atoms in total. The number of amides is 1. The van der Waals surface area contributed by atoms with E-state index >= 15 is 0 Å². The van der Waals surface area contributed by atoms with Gasteiger partial charge in [0.25, 0.3) is 0 Å². The fourth-order valence-corrected chi connectivity index (χ4v) is 6.72. The minimum absolute atomic E-state index is 0.0835. The SMILES string of the molecule is CS(=O)(=O)Oc1ccc(N2CCC3(CCN(S(=O)(=O)c4ccc(F)cc4C(F)(F)F)CC3)C2=O)cc1. The van der Waals surface area contributed by atoms with Crippen LogP contribution in [0.5, 0.6) is 5.75 Å². The maximum atomic E-state index is 13.4. The van der Waals surface area contributed by atoms with Crippen LogP contribution >= 0.6 is 0 Å². The minimum Gasteiger partial charge on any atom is -0.383 e. The quantitative estimate of drug-likeness (QED) is 0.418. The molecule has 14 heteroatoms. The summed E-state index contributed by atoms with van der Waals surface area (Å²) in [7, 11) is -8.29. The van der Waals surface area contributed by atoms with Gasteiger partial charge < -0.3 is 9.08 Å². The number of rotatable bonds is 5.